The highest BCUT2D eigenvalue weighted by Gasteiger charge is 2.10. The van der Waals surface area contributed by atoms with E-state index in [1.54, 1.807) is 12.4 Å². The minimum atomic E-state index is 0.588. The third kappa shape index (κ3) is 4.33. The highest BCUT2D eigenvalue weighted by molar-refractivity contribution is 5.92. The van der Waals surface area contributed by atoms with E-state index in [-0.39, 0.29) is 0 Å². The summed E-state index contributed by atoms with van der Waals surface area (Å²) < 4.78 is 0. The Kier molecular flexibility index (Phi) is 6.05. The zero-order chi connectivity index (χ0) is 20.9. The molecular formula is C24H28N6. The number of nitrogens with one attached hydrogen (secondary N) is 2. The lowest BCUT2D eigenvalue weighted by molar-refractivity contribution is 0.308. The van der Waals surface area contributed by atoms with Crippen molar-refractivity contribution >= 4 is 22.7 Å². The van der Waals surface area contributed by atoms with E-state index in [1.807, 2.05) is 24.4 Å². The molecule has 3 heterocycles. The Hall–Kier alpha value is -3.25. The second kappa shape index (κ2) is 9.05. The van der Waals surface area contributed by atoms with Gasteiger partial charge in [-0.1, -0.05) is 26.0 Å². The van der Waals surface area contributed by atoms with Gasteiger partial charge in [-0.2, -0.15) is 0 Å². The van der Waals surface area contributed by atoms with Crippen LogP contribution in [0.15, 0.2) is 55.0 Å². The molecule has 0 atom stereocenters. The second-order valence-corrected chi connectivity index (χ2v) is 7.42. The molecule has 0 aliphatic heterocycles. The number of H-pyrrole nitrogens is 1. The fourth-order valence-corrected chi connectivity index (χ4v) is 3.71. The molecule has 30 heavy (non-hydrogen) atoms. The largest absolute Gasteiger partial charge is 0.345 e. The van der Waals surface area contributed by atoms with E-state index in [0.717, 1.165) is 54.0 Å². The third-order valence-corrected chi connectivity index (χ3v) is 5.53. The molecule has 0 bridgehead atoms. The van der Waals surface area contributed by atoms with Crippen LogP contribution in [0.25, 0.3) is 22.3 Å². The summed E-state index contributed by atoms with van der Waals surface area (Å²) >= 11 is 0. The summed E-state index contributed by atoms with van der Waals surface area (Å²) in [6.45, 7) is 9.82. The van der Waals surface area contributed by atoms with Crippen molar-refractivity contribution in [2.24, 2.45) is 0 Å². The third-order valence-electron chi connectivity index (χ3n) is 5.53. The van der Waals surface area contributed by atoms with Gasteiger partial charge in [0.1, 0.15) is 5.65 Å². The van der Waals surface area contributed by atoms with Crippen molar-refractivity contribution < 1.29 is 0 Å². The van der Waals surface area contributed by atoms with Crippen molar-refractivity contribution in [3.8, 4) is 11.3 Å². The minimum absolute atomic E-state index is 0.588. The fourth-order valence-electron chi connectivity index (χ4n) is 3.71. The van der Waals surface area contributed by atoms with Crippen molar-refractivity contribution in [1.29, 1.82) is 0 Å². The lowest BCUT2D eigenvalue weighted by Crippen LogP contribution is -2.25. The number of benzene rings is 1. The summed E-state index contributed by atoms with van der Waals surface area (Å²) in [5.41, 5.74) is 6.31. The van der Waals surface area contributed by atoms with Crippen LogP contribution in [0.5, 0.6) is 0 Å². The lowest BCUT2D eigenvalue weighted by atomic mass is 10.1. The second-order valence-electron chi connectivity index (χ2n) is 7.42. The van der Waals surface area contributed by atoms with E-state index in [0.29, 0.717) is 5.95 Å². The van der Waals surface area contributed by atoms with Crippen LogP contribution in [0.1, 0.15) is 25.0 Å². The van der Waals surface area contributed by atoms with Gasteiger partial charge in [0.25, 0.3) is 0 Å². The first-order chi connectivity index (χ1) is 14.7. The number of aromatic nitrogens is 4. The maximum absolute atomic E-state index is 4.73. The van der Waals surface area contributed by atoms with Crippen LogP contribution in [0, 0.1) is 6.92 Å². The van der Waals surface area contributed by atoms with E-state index >= 15 is 0 Å². The van der Waals surface area contributed by atoms with Gasteiger partial charge < -0.3 is 15.2 Å². The molecule has 0 aliphatic rings. The van der Waals surface area contributed by atoms with Crippen molar-refractivity contribution in [2.75, 3.05) is 25.0 Å². The molecule has 0 unspecified atom stereocenters. The van der Waals surface area contributed by atoms with E-state index < -0.39 is 0 Å². The first-order valence-corrected chi connectivity index (χ1v) is 10.5. The van der Waals surface area contributed by atoms with E-state index in [9.17, 15) is 0 Å². The summed E-state index contributed by atoms with van der Waals surface area (Å²) in [6.07, 6.45) is 6.57. The van der Waals surface area contributed by atoms with Crippen LogP contribution in [0.4, 0.5) is 11.6 Å². The fraction of sp³-hybridized carbons (Fsp3) is 0.292. The topological polar surface area (TPSA) is 69.7 Å². The quantitative estimate of drug-likeness (QED) is 0.438. The SMILES string of the molecule is CCN(CC)CCc1ccc(Nc2nccc(-c3c[nH]c4ncccc34)n2)c(C)c1. The smallest absolute Gasteiger partial charge is 0.227 e. The molecule has 0 fully saturated rings. The number of likely N-dealkylation sites (N-methyl/N-ethyl adjacent to an activating group) is 1. The Balaban J connectivity index is 1.51. The highest BCUT2D eigenvalue weighted by Crippen LogP contribution is 2.27. The van der Waals surface area contributed by atoms with E-state index in [4.69, 9.17) is 4.98 Å². The van der Waals surface area contributed by atoms with Crippen LogP contribution in [-0.4, -0.2) is 44.5 Å². The molecule has 0 spiro atoms. The van der Waals surface area contributed by atoms with Crippen molar-refractivity contribution in [3.63, 3.8) is 0 Å². The average molecular weight is 401 g/mol. The Morgan fingerprint density at radius 2 is 1.90 bits per heavy atom. The van der Waals surface area contributed by atoms with Gasteiger partial charge in [0, 0.05) is 41.8 Å². The number of hydrogen-bond donors (Lipinski definition) is 2. The average Bonchev–Trinajstić information content (AvgIpc) is 3.21. The Bertz CT molecular complexity index is 1130. The van der Waals surface area contributed by atoms with Crippen molar-refractivity contribution in [1.82, 2.24) is 24.8 Å². The Labute approximate surface area is 177 Å². The van der Waals surface area contributed by atoms with E-state index in [2.05, 4.69) is 64.1 Å². The molecule has 1 aromatic carbocycles. The maximum atomic E-state index is 4.73. The zero-order valence-electron chi connectivity index (χ0n) is 17.8. The predicted octanol–water partition coefficient (Wildman–Crippen LogP) is 4.96. The molecule has 6 heteroatoms. The van der Waals surface area contributed by atoms with Crippen LogP contribution in [-0.2, 0) is 6.42 Å². The van der Waals surface area contributed by atoms with Crippen LogP contribution < -0.4 is 5.32 Å². The molecule has 0 amide bonds. The van der Waals surface area contributed by atoms with E-state index in [1.165, 1.54) is 11.1 Å². The number of fused-ring (bicyclic) bond motifs is 1. The van der Waals surface area contributed by atoms with Crippen molar-refractivity contribution in [2.45, 2.75) is 27.2 Å². The number of hydrogen-bond acceptors (Lipinski definition) is 5. The first kappa shape index (κ1) is 20.0. The number of pyridine rings is 1. The van der Waals surface area contributed by atoms with Crippen LogP contribution >= 0.6 is 0 Å². The van der Waals surface area contributed by atoms with Crippen molar-refractivity contribution in [3.05, 3.63) is 66.1 Å². The van der Waals surface area contributed by atoms with Gasteiger partial charge in [-0.05, 0) is 61.8 Å². The molecule has 0 saturated heterocycles. The Morgan fingerprint density at radius 1 is 1.03 bits per heavy atom. The normalized spacial score (nSPS) is 11.3. The number of rotatable bonds is 8. The molecule has 0 radical (unpaired) electrons. The summed E-state index contributed by atoms with van der Waals surface area (Å²) in [5.74, 6) is 0.588. The number of aromatic amines is 1. The summed E-state index contributed by atoms with van der Waals surface area (Å²) in [4.78, 5) is 19.2. The monoisotopic (exact) mass is 400 g/mol. The predicted molar refractivity (Wildman–Crippen MR) is 123 cm³/mol. The summed E-state index contributed by atoms with van der Waals surface area (Å²) in [7, 11) is 0. The van der Waals surface area contributed by atoms with Gasteiger partial charge in [-0.3, -0.25) is 0 Å². The Morgan fingerprint density at radius 3 is 2.70 bits per heavy atom. The maximum Gasteiger partial charge on any atom is 0.227 e. The lowest BCUT2D eigenvalue weighted by Gasteiger charge is -2.18. The molecule has 0 saturated carbocycles. The van der Waals surface area contributed by atoms with Gasteiger partial charge in [0.05, 0.1) is 5.69 Å². The zero-order valence-corrected chi connectivity index (χ0v) is 17.8. The molecule has 0 aliphatic carbocycles. The van der Waals surface area contributed by atoms with Gasteiger partial charge in [0.15, 0.2) is 0 Å². The van der Waals surface area contributed by atoms with Crippen LogP contribution in [0.3, 0.4) is 0 Å². The molecular weight excluding hydrogens is 372 g/mol. The molecule has 2 N–H and O–H groups in total. The van der Waals surface area contributed by atoms with Gasteiger partial charge in [-0.15, -0.1) is 0 Å². The molecule has 3 aromatic heterocycles. The molecule has 4 rings (SSSR count). The summed E-state index contributed by atoms with van der Waals surface area (Å²) in [5, 5.41) is 4.43. The highest BCUT2D eigenvalue weighted by atomic mass is 15.1. The molecule has 6 nitrogen and oxygen atoms in total. The molecule has 4 aromatic rings. The van der Waals surface area contributed by atoms with Gasteiger partial charge in [0.2, 0.25) is 5.95 Å². The van der Waals surface area contributed by atoms with Gasteiger partial charge in [-0.25, -0.2) is 15.0 Å². The summed E-state index contributed by atoms with van der Waals surface area (Å²) in [6, 6.07) is 12.5. The first-order valence-electron chi connectivity index (χ1n) is 10.5. The standard InChI is InChI=1S/C24H28N6/c1-4-30(5-2)14-11-18-8-9-21(17(3)15-18)28-24-26-13-10-22(29-24)20-16-27-23-19(20)7-6-12-25-23/h6-10,12-13,15-16H,4-5,11,14H2,1-3H3,(H,25,27)(H,26,28,29). The molecule has 154 valence electrons. The minimum Gasteiger partial charge on any atom is -0.345 e. The van der Waals surface area contributed by atoms with Gasteiger partial charge >= 0.3 is 0 Å². The number of nitrogens with zero attached hydrogens (tertiary/aromatic N) is 4. The number of aryl methyl sites for hydroxylation is 1. The number of anilines is 2. The van der Waals surface area contributed by atoms with Crippen LogP contribution in [0.2, 0.25) is 0 Å².